The van der Waals surface area contributed by atoms with E-state index in [-0.39, 0.29) is 0 Å². The van der Waals surface area contributed by atoms with Crippen LogP contribution in [0.2, 0.25) is 0 Å². The molecule has 3 rings (SSSR count). The second-order valence-corrected chi connectivity index (χ2v) is 7.19. The van der Waals surface area contributed by atoms with Crippen LogP contribution >= 0.6 is 23.5 Å². The van der Waals surface area contributed by atoms with E-state index in [1.807, 2.05) is 11.8 Å². The standard InChI is InChI=1S/C18H18S2/c1-3-8-15(9-4-1)17-14-18(20-13-7-12-19-17)16-10-5-2-6-11-16/h1-6,8-11,14,17H,7,12-13H2/b18-14-. The summed E-state index contributed by atoms with van der Waals surface area (Å²) in [6.07, 6.45) is 3.72. The Labute approximate surface area is 129 Å². The SMILES string of the molecule is C1=C(/c2ccccc2)SCCCSC/1c1ccccc1. The van der Waals surface area contributed by atoms with E-state index in [1.54, 1.807) is 0 Å². The topological polar surface area (TPSA) is 0 Å². The maximum Gasteiger partial charge on any atom is 0.0491 e. The van der Waals surface area contributed by atoms with Crippen molar-refractivity contribution >= 4 is 28.4 Å². The summed E-state index contributed by atoms with van der Waals surface area (Å²) < 4.78 is 0. The number of thioether (sulfide) groups is 2. The van der Waals surface area contributed by atoms with Gasteiger partial charge in [-0.25, -0.2) is 0 Å². The van der Waals surface area contributed by atoms with Gasteiger partial charge in [-0.15, -0.1) is 23.5 Å². The Morgan fingerprint density at radius 3 is 2.25 bits per heavy atom. The maximum atomic E-state index is 2.44. The van der Waals surface area contributed by atoms with Gasteiger partial charge in [0.25, 0.3) is 0 Å². The summed E-state index contributed by atoms with van der Waals surface area (Å²) in [4.78, 5) is 1.42. The van der Waals surface area contributed by atoms with Gasteiger partial charge < -0.3 is 0 Å². The van der Waals surface area contributed by atoms with Crippen LogP contribution in [0.5, 0.6) is 0 Å². The fourth-order valence-corrected chi connectivity index (χ4v) is 4.76. The van der Waals surface area contributed by atoms with Gasteiger partial charge in [-0.3, -0.25) is 0 Å². The van der Waals surface area contributed by atoms with Gasteiger partial charge in [-0.2, -0.15) is 0 Å². The first kappa shape index (κ1) is 13.8. The predicted molar refractivity (Wildman–Crippen MR) is 93.1 cm³/mol. The van der Waals surface area contributed by atoms with E-state index in [9.17, 15) is 0 Å². The lowest BCUT2D eigenvalue weighted by Gasteiger charge is -2.19. The zero-order valence-corrected chi connectivity index (χ0v) is 13.0. The van der Waals surface area contributed by atoms with Crippen molar-refractivity contribution in [2.24, 2.45) is 0 Å². The highest BCUT2D eigenvalue weighted by Gasteiger charge is 2.14. The molecule has 102 valence electrons. The van der Waals surface area contributed by atoms with Crippen LogP contribution in [0, 0.1) is 0 Å². The van der Waals surface area contributed by atoms with E-state index in [4.69, 9.17) is 0 Å². The first-order valence-corrected chi connectivity index (χ1v) is 9.03. The molecule has 1 atom stereocenters. The summed E-state index contributed by atoms with van der Waals surface area (Å²) in [7, 11) is 0. The minimum Gasteiger partial charge on any atom is -0.149 e. The molecule has 2 aromatic rings. The highest BCUT2D eigenvalue weighted by Crippen LogP contribution is 2.39. The third-order valence-corrected chi connectivity index (χ3v) is 5.80. The Balaban J connectivity index is 1.94. The van der Waals surface area contributed by atoms with Gasteiger partial charge >= 0.3 is 0 Å². The second kappa shape index (κ2) is 7.05. The Bertz CT molecular complexity index is 560. The molecule has 0 fully saturated rings. The maximum absolute atomic E-state index is 2.44. The molecular weight excluding hydrogens is 280 g/mol. The smallest absolute Gasteiger partial charge is 0.0491 e. The van der Waals surface area contributed by atoms with E-state index in [0.717, 1.165) is 0 Å². The van der Waals surface area contributed by atoms with Crippen molar-refractivity contribution < 1.29 is 0 Å². The lowest BCUT2D eigenvalue weighted by Crippen LogP contribution is -1.98. The van der Waals surface area contributed by atoms with Crippen LogP contribution in [-0.2, 0) is 0 Å². The lowest BCUT2D eigenvalue weighted by atomic mass is 10.1. The number of rotatable bonds is 2. The molecule has 1 unspecified atom stereocenters. The van der Waals surface area contributed by atoms with Crippen LogP contribution in [0.4, 0.5) is 0 Å². The van der Waals surface area contributed by atoms with Gasteiger partial charge in [0, 0.05) is 10.2 Å². The molecule has 0 saturated heterocycles. The van der Waals surface area contributed by atoms with Crippen LogP contribution in [-0.4, -0.2) is 11.5 Å². The Kier molecular flexibility index (Phi) is 4.88. The van der Waals surface area contributed by atoms with E-state index < -0.39 is 0 Å². The molecule has 2 aromatic carbocycles. The number of hydrogen-bond acceptors (Lipinski definition) is 2. The average Bonchev–Trinajstić information content (AvgIpc) is 2.49. The molecule has 0 spiro atoms. The summed E-state index contributed by atoms with van der Waals surface area (Å²) >= 11 is 4.06. The largest absolute Gasteiger partial charge is 0.149 e. The molecule has 1 aliphatic rings. The van der Waals surface area contributed by atoms with Crippen LogP contribution < -0.4 is 0 Å². The van der Waals surface area contributed by atoms with Gasteiger partial charge in [0.2, 0.25) is 0 Å². The third-order valence-electron chi connectivity index (χ3n) is 3.33. The molecular formula is C18H18S2. The minimum absolute atomic E-state index is 0.471. The summed E-state index contributed by atoms with van der Waals surface area (Å²) in [5, 5.41) is 0.471. The molecule has 0 aromatic heterocycles. The Morgan fingerprint density at radius 1 is 0.800 bits per heavy atom. The van der Waals surface area contributed by atoms with Crippen LogP contribution in [0.25, 0.3) is 4.91 Å². The van der Waals surface area contributed by atoms with Gasteiger partial charge in [0.1, 0.15) is 0 Å². The first-order chi connectivity index (χ1) is 9.93. The monoisotopic (exact) mass is 298 g/mol. The van der Waals surface area contributed by atoms with E-state index in [2.05, 4.69) is 78.5 Å². The Hall–Kier alpha value is -1.12. The van der Waals surface area contributed by atoms with E-state index in [1.165, 1.54) is 34.0 Å². The molecule has 1 aliphatic heterocycles. The quantitative estimate of drug-likeness (QED) is 0.704. The van der Waals surface area contributed by atoms with Gasteiger partial charge in [0.05, 0.1) is 0 Å². The first-order valence-electron chi connectivity index (χ1n) is 7.00. The molecule has 0 saturated carbocycles. The van der Waals surface area contributed by atoms with Crippen molar-refractivity contribution in [3.05, 3.63) is 77.9 Å². The van der Waals surface area contributed by atoms with Crippen molar-refractivity contribution in [1.29, 1.82) is 0 Å². The number of hydrogen-bond donors (Lipinski definition) is 0. The van der Waals surface area contributed by atoms with Gasteiger partial charge in [0.15, 0.2) is 0 Å². The molecule has 1 heterocycles. The van der Waals surface area contributed by atoms with Gasteiger partial charge in [-0.05, 0) is 29.1 Å². The molecule has 0 aliphatic carbocycles. The van der Waals surface area contributed by atoms with Crippen LogP contribution in [0.15, 0.2) is 66.7 Å². The molecule has 0 amide bonds. The predicted octanol–water partition coefficient (Wildman–Crippen LogP) is 5.64. The summed E-state index contributed by atoms with van der Waals surface area (Å²) in [5.41, 5.74) is 2.76. The summed E-state index contributed by atoms with van der Waals surface area (Å²) in [6.45, 7) is 0. The van der Waals surface area contributed by atoms with E-state index in [0.29, 0.717) is 5.25 Å². The molecule has 0 N–H and O–H groups in total. The van der Waals surface area contributed by atoms with Gasteiger partial charge in [-0.1, -0.05) is 66.7 Å². The molecule has 0 nitrogen and oxygen atoms in total. The normalized spacial score (nSPS) is 22.4. The highest BCUT2D eigenvalue weighted by molar-refractivity contribution is 8.08. The molecule has 0 bridgehead atoms. The third kappa shape index (κ3) is 3.50. The van der Waals surface area contributed by atoms with Crippen molar-refractivity contribution in [3.63, 3.8) is 0 Å². The number of benzene rings is 2. The highest BCUT2D eigenvalue weighted by atomic mass is 32.2. The van der Waals surface area contributed by atoms with Crippen molar-refractivity contribution in [2.75, 3.05) is 11.5 Å². The molecule has 20 heavy (non-hydrogen) atoms. The second-order valence-electron chi connectivity index (χ2n) is 4.80. The van der Waals surface area contributed by atoms with Crippen LogP contribution in [0.3, 0.4) is 0 Å². The Morgan fingerprint density at radius 2 is 1.50 bits per heavy atom. The lowest BCUT2D eigenvalue weighted by molar-refractivity contribution is 1.11. The fourth-order valence-electron chi connectivity index (χ4n) is 2.30. The zero-order valence-electron chi connectivity index (χ0n) is 11.4. The fraction of sp³-hybridized carbons (Fsp3) is 0.222. The summed E-state index contributed by atoms with van der Waals surface area (Å²) in [6, 6.07) is 21.6. The molecule has 0 radical (unpaired) electrons. The molecule has 2 heteroatoms. The van der Waals surface area contributed by atoms with E-state index >= 15 is 0 Å². The van der Waals surface area contributed by atoms with Crippen LogP contribution in [0.1, 0.15) is 22.8 Å². The zero-order chi connectivity index (χ0) is 13.6. The van der Waals surface area contributed by atoms with Crippen molar-refractivity contribution in [3.8, 4) is 0 Å². The average molecular weight is 298 g/mol. The summed E-state index contributed by atoms with van der Waals surface area (Å²) in [5.74, 6) is 2.46. The minimum atomic E-state index is 0.471. The van der Waals surface area contributed by atoms with Crippen molar-refractivity contribution in [2.45, 2.75) is 11.7 Å². The van der Waals surface area contributed by atoms with Crippen molar-refractivity contribution in [1.82, 2.24) is 0 Å².